The molecule has 0 heterocycles. The Morgan fingerprint density at radius 1 is 0.515 bits per heavy atom. The lowest BCUT2D eigenvalue weighted by atomic mass is 9.85. The fourth-order valence-corrected chi connectivity index (χ4v) is 9.92. The number of carbonyl (C=O) groups is 1. The van der Waals surface area contributed by atoms with Crippen molar-refractivity contribution < 1.29 is 59.0 Å². The number of nitrogens with one attached hydrogen (secondary N) is 1. The number of carbonyl (C=O) groups excluding carboxylic acids is 1. The summed E-state index contributed by atoms with van der Waals surface area (Å²) in [6.07, 6.45) is 32.5. The van der Waals surface area contributed by atoms with Gasteiger partial charge in [0.1, 0.15) is 36.6 Å². The third-order valence-electron chi connectivity index (χ3n) is 13.4. The van der Waals surface area contributed by atoms with Crippen LogP contribution in [0.2, 0.25) is 0 Å². The smallest absolute Gasteiger partial charge is 0.393 e. The number of unbranched alkanes of at least 4 members (excludes halogenated alkanes) is 31. The van der Waals surface area contributed by atoms with Crippen molar-refractivity contribution >= 4 is 13.7 Å². The SMILES string of the molecule is CCCCCCCCCCCCCC/C=C\CCCCCCCC(O)CC(=O)NC(COP(=O)(O)OC1C(O)C(O)C(O)C(O)C1O)C(O)CCCCCCCCCCCCCCCCC. The van der Waals surface area contributed by atoms with E-state index in [2.05, 4.69) is 31.3 Å². The first-order valence-electron chi connectivity index (χ1n) is 27.2. The minimum atomic E-state index is -5.12. The quantitative estimate of drug-likeness (QED) is 0.0158. The van der Waals surface area contributed by atoms with E-state index in [9.17, 15) is 50.0 Å². The van der Waals surface area contributed by atoms with Gasteiger partial charge in [-0.05, 0) is 38.5 Å². The zero-order valence-electron chi connectivity index (χ0n) is 41.9. The van der Waals surface area contributed by atoms with Crippen LogP contribution in [0.15, 0.2) is 12.2 Å². The van der Waals surface area contributed by atoms with Gasteiger partial charge in [0.2, 0.25) is 5.91 Å². The summed E-state index contributed by atoms with van der Waals surface area (Å²) in [5.74, 6) is -0.561. The molecule has 1 fully saturated rings. The molecule has 1 aliphatic carbocycles. The van der Waals surface area contributed by atoms with Gasteiger partial charge < -0.3 is 46.0 Å². The van der Waals surface area contributed by atoms with Crippen LogP contribution < -0.4 is 5.32 Å². The van der Waals surface area contributed by atoms with Crippen molar-refractivity contribution in [3.63, 3.8) is 0 Å². The molecule has 13 nitrogen and oxygen atoms in total. The van der Waals surface area contributed by atoms with E-state index < -0.39 is 75.2 Å². The van der Waals surface area contributed by atoms with Gasteiger partial charge >= 0.3 is 7.82 Å². The fourth-order valence-electron chi connectivity index (χ4n) is 8.95. The van der Waals surface area contributed by atoms with Crippen molar-refractivity contribution in [3.05, 3.63) is 12.2 Å². The number of phosphoric ester groups is 1. The molecule has 0 spiro atoms. The maximum Gasteiger partial charge on any atom is 0.472 e. The van der Waals surface area contributed by atoms with Crippen LogP contribution in [0.4, 0.5) is 0 Å². The lowest BCUT2D eigenvalue weighted by molar-refractivity contribution is -0.220. The van der Waals surface area contributed by atoms with E-state index in [1.54, 1.807) is 0 Å². The van der Waals surface area contributed by atoms with Gasteiger partial charge in [-0.1, -0.05) is 219 Å². The Balaban J connectivity index is 2.41. The lowest BCUT2D eigenvalue weighted by Gasteiger charge is -2.41. The predicted octanol–water partition coefficient (Wildman–Crippen LogP) is 10.5. The maximum atomic E-state index is 13.1. The third-order valence-corrected chi connectivity index (χ3v) is 14.4. The first-order valence-corrected chi connectivity index (χ1v) is 28.7. The summed E-state index contributed by atoms with van der Waals surface area (Å²) in [6.45, 7) is 3.82. The van der Waals surface area contributed by atoms with Crippen LogP contribution in [0.3, 0.4) is 0 Å². The van der Waals surface area contributed by atoms with Crippen LogP contribution in [0.25, 0.3) is 0 Å². The molecule has 66 heavy (non-hydrogen) atoms. The molecule has 14 heteroatoms. The fraction of sp³-hybridized carbons (Fsp3) is 0.942. The van der Waals surface area contributed by atoms with Crippen molar-refractivity contribution in [3.8, 4) is 0 Å². The van der Waals surface area contributed by atoms with Crippen LogP contribution in [-0.4, -0.2) is 108 Å². The van der Waals surface area contributed by atoms with Gasteiger partial charge in [-0.2, -0.15) is 0 Å². The molecule has 0 bridgehead atoms. The highest BCUT2D eigenvalue weighted by Gasteiger charge is 2.51. The zero-order valence-corrected chi connectivity index (χ0v) is 42.8. The van der Waals surface area contributed by atoms with Gasteiger partial charge in [0.25, 0.3) is 0 Å². The van der Waals surface area contributed by atoms with E-state index >= 15 is 0 Å². The Labute approximate surface area is 401 Å². The summed E-state index contributed by atoms with van der Waals surface area (Å²) in [5.41, 5.74) is 0. The normalized spacial score (nSPS) is 22.4. The van der Waals surface area contributed by atoms with Crippen LogP contribution in [0, 0.1) is 0 Å². The minimum absolute atomic E-state index is 0.224. The van der Waals surface area contributed by atoms with Gasteiger partial charge in [0.15, 0.2) is 0 Å². The summed E-state index contributed by atoms with van der Waals surface area (Å²) in [4.78, 5) is 23.6. The van der Waals surface area contributed by atoms with Crippen molar-refractivity contribution in [1.29, 1.82) is 0 Å². The van der Waals surface area contributed by atoms with E-state index in [1.807, 2.05) is 0 Å². The van der Waals surface area contributed by atoms with Crippen molar-refractivity contribution in [1.82, 2.24) is 5.32 Å². The molecule has 392 valence electrons. The van der Waals surface area contributed by atoms with Gasteiger partial charge in [0.05, 0.1) is 31.3 Å². The molecule has 1 amide bonds. The number of amides is 1. The first-order chi connectivity index (χ1) is 31.8. The van der Waals surface area contributed by atoms with E-state index in [4.69, 9.17) is 9.05 Å². The van der Waals surface area contributed by atoms with Crippen LogP contribution >= 0.6 is 7.82 Å². The Bertz CT molecular complexity index is 1180. The molecule has 1 aliphatic rings. The molecule has 8 atom stereocenters. The van der Waals surface area contributed by atoms with E-state index in [-0.39, 0.29) is 12.8 Å². The van der Waals surface area contributed by atoms with Gasteiger partial charge in [-0.25, -0.2) is 4.57 Å². The Kier molecular flexibility index (Phi) is 39.9. The van der Waals surface area contributed by atoms with E-state index in [0.29, 0.717) is 12.8 Å². The first kappa shape index (κ1) is 63.1. The highest BCUT2D eigenvalue weighted by atomic mass is 31.2. The zero-order chi connectivity index (χ0) is 48.7. The molecule has 0 aliphatic heterocycles. The average Bonchev–Trinajstić information content (AvgIpc) is 3.29. The molecule has 0 aromatic rings. The minimum Gasteiger partial charge on any atom is -0.393 e. The molecule has 0 aromatic carbocycles. The van der Waals surface area contributed by atoms with E-state index in [0.717, 1.165) is 70.6 Å². The molecule has 9 N–H and O–H groups in total. The Morgan fingerprint density at radius 2 is 0.848 bits per heavy atom. The summed E-state index contributed by atoms with van der Waals surface area (Å²) in [7, 11) is -5.12. The number of hydrogen-bond donors (Lipinski definition) is 9. The maximum absolute atomic E-state index is 13.1. The topological polar surface area (TPSA) is 226 Å². The van der Waals surface area contributed by atoms with Crippen molar-refractivity contribution in [2.75, 3.05) is 6.61 Å². The second-order valence-corrected chi connectivity index (χ2v) is 21.0. The molecule has 8 unspecified atom stereocenters. The van der Waals surface area contributed by atoms with Crippen LogP contribution in [0.5, 0.6) is 0 Å². The summed E-state index contributed by atoms with van der Waals surface area (Å²) in [6, 6.07) is -1.15. The molecule has 1 saturated carbocycles. The standard InChI is InChI=1S/C52H102NO12P/c1-3-5-7-9-11-13-15-17-19-20-21-22-23-24-26-27-29-31-33-35-37-39-43(54)41-46(56)53-44(42-64-66(62,63)65-52-50(60)48(58)47(57)49(59)51(52)61)45(55)40-38-36-34-32-30-28-25-18-16-14-12-10-8-6-4-2/h24,26,43-45,47-52,54-55,57-61H,3-23,25,27-42H2,1-2H3,(H,53,56)(H,62,63)/b26-24-. The van der Waals surface area contributed by atoms with Crippen LogP contribution in [0.1, 0.15) is 251 Å². The molecule has 0 radical (unpaired) electrons. The summed E-state index contributed by atoms with van der Waals surface area (Å²) < 4.78 is 23.0. The van der Waals surface area contributed by atoms with Gasteiger partial charge in [-0.3, -0.25) is 13.8 Å². The highest BCUT2D eigenvalue weighted by molar-refractivity contribution is 7.47. The predicted molar refractivity (Wildman–Crippen MR) is 266 cm³/mol. The second kappa shape index (κ2) is 41.8. The molecule has 0 saturated heterocycles. The monoisotopic (exact) mass is 964 g/mol. The number of allylic oxidation sites excluding steroid dienone is 2. The Hall–Kier alpha value is -0.960. The number of hydrogen-bond acceptors (Lipinski definition) is 11. The highest BCUT2D eigenvalue weighted by Crippen LogP contribution is 2.47. The lowest BCUT2D eigenvalue weighted by Crippen LogP contribution is -2.64. The Morgan fingerprint density at radius 3 is 1.24 bits per heavy atom. The number of aliphatic hydroxyl groups is 7. The molecular weight excluding hydrogens is 862 g/mol. The average molecular weight is 964 g/mol. The number of aliphatic hydroxyl groups excluding tert-OH is 7. The van der Waals surface area contributed by atoms with E-state index in [1.165, 1.54) is 141 Å². The van der Waals surface area contributed by atoms with Gasteiger partial charge in [-0.15, -0.1) is 0 Å². The number of phosphoric acid groups is 1. The van der Waals surface area contributed by atoms with Crippen molar-refractivity contribution in [2.24, 2.45) is 0 Å². The molecule has 0 aromatic heterocycles. The third kappa shape index (κ3) is 32.8. The second-order valence-electron chi connectivity index (χ2n) is 19.6. The molecular formula is C52H102NO12P. The summed E-state index contributed by atoms with van der Waals surface area (Å²) >= 11 is 0. The van der Waals surface area contributed by atoms with Gasteiger partial charge in [0, 0.05) is 0 Å². The largest absolute Gasteiger partial charge is 0.472 e. The number of rotatable bonds is 46. The van der Waals surface area contributed by atoms with Crippen LogP contribution in [-0.2, 0) is 18.4 Å². The van der Waals surface area contributed by atoms with Crippen molar-refractivity contribution in [2.45, 2.75) is 306 Å². The molecule has 1 rings (SSSR count). The summed E-state index contributed by atoms with van der Waals surface area (Å²) in [5, 5.41) is 74.9.